The van der Waals surface area contributed by atoms with Gasteiger partial charge in [0, 0.05) is 17.4 Å². The molecule has 3 aliphatic carbocycles. The number of ketones is 2. The number of carboxylic acids is 3. The van der Waals surface area contributed by atoms with Crippen LogP contribution in [0.1, 0.15) is 48.5 Å². The van der Waals surface area contributed by atoms with Crippen molar-refractivity contribution in [1.82, 2.24) is 15.5 Å². The Kier molecular flexibility index (Phi) is 11.6. The molecule has 1 amide bonds. The molecular weight excluding hydrogens is 652 g/mol. The van der Waals surface area contributed by atoms with Crippen LogP contribution in [0, 0.1) is 11.8 Å². The fourth-order valence-electron chi connectivity index (χ4n) is 6.55. The third-order valence-corrected chi connectivity index (χ3v) is 9.00. The molecule has 3 aliphatic rings. The van der Waals surface area contributed by atoms with Gasteiger partial charge in [0.05, 0.1) is 23.9 Å². The highest BCUT2D eigenvalue weighted by Crippen LogP contribution is 2.56. The molecule has 0 heterocycles. The van der Waals surface area contributed by atoms with E-state index in [1.165, 1.54) is 44.1 Å². The quantitative estimate of drug-likeness (QED) is 0.0587. The zero-order valence-electron chi connectivity index (χ0n) is 26.8. The van der Waals surface area contributed by atoms with Crippen LogP contribution >= 0.6 is 0 Å². The van der Waals surface area contributed by atoms with Gasteiger partial charge in [0.15, 0.2) is 11.4 Å². The molecule has 4 rings (SSSR count). The number of likely N-dealkylation sites (N-methyl/N-ethyl adjacent to an activating group) is 1. The van der Waals surface area contributed by atoms with Crippen LogP contribution < -0.4 is 16.4 Å². The Morgan fingerprint density at radius 3 is 2.18 bits per heavy atom. The molecule has 0 aromatic heterocycles. The highest BCUT2D eigenvalue weighted by Gasteiger charge is 2.65. The minimum Gasteiger partial charge on any atom is -0.510 e. The maximum absolute atomic E-state index is 13.8. The van der Waals surface area contributed by atoms with Gasteiger partial charge in [-0.05, 0) is 58.5 Å². The van der Waals surface area contributed by atoms with Crippen molar-refractivity contribution in [2.75, 3.05) is 27.3 Å². The monoisotopic (exact) mass is 692 g/mol. The summed E-state index contributed by atoms with van der Waals surface area (Å²) in [6.07, 6.45) is 1.10. The van der Waals surface area contributed by atoms with Gasteiger partial charge in [0.2, 0.25) is 5.78 Å². The summed E-state index contributed by atoms with van der Waals surface area (Å²) in [7, 11) is 3.08. The number of phenols is 1. The van der Waals surface area contributed by atoms with E-state index >= 15 is 0 Å². The Balaban J connectivity index is 0.000000992. The predicted octanol–water partition coefficient (Wildman–Crippen LogP) is -1.30. The highest BCUT2D eigenvalue weighted by molar-refractivity contribution is 6.27. The lowest BCUT2D eigenvalue weighted by Crippen LogP contribution is -2.65. The second kappa shape index (κ2) is 14.7. The molecule has 268 valence electrons. The Morgan fingerprint density at radius 1 is 1.02 bits per heavy atom. The van der Waals surface area contributed by atoms with Crippen LogP contribution in [0.5, 0.6) is 5.75 Å². The Hall–Kier alpha value is -4.88. The molecule has 0 saturated heterocycles. The van der Waals surface area contributed by atoms with Crippen molar-refractivity contribution >= 4 is 35.4 Å². The number of benzene rings is 1. The lowest BCUT2D eigenvalue weighted by molar-refractivity contribution is -0.159. The summed E-state index contributed by atoms with van der Waals surface area (Å²) in [5.41, 5.74) is -0.549. The van der Waals surface area contributed by atoms with Gasteiger partial charge in [-0.15, -0.1) is 0 Å². The number of phenolic OH excluding ortho intramolecular Hbond substituents is 1. The number of nitrogens with two attached hydrogens (primary N) is 1. The first-order valence-corrected chi connectivity index (χ1v) is 15.1. The van der Waals surface area contributed by atoms with E-state index in [-0.39, 0.29) is 30.6 Å². The standard InChI is InChI=1S/C29H38N4O10.C2H2O4/c1-28(42)13-7-6-9-17(34)18(13)22(35)19-14(28)11-15-21(33(2)3)23(36)20(25(38)29(15,43)24(19)37)26(39)32-12-31-10-5-4-8-16(30)27(40)41;3-1(4)2(5)6/h6-7,9,14-16,21,31,34,36-37,42-43H,4-5,8,10-12,30H2,1-3H3,(H,32,39)(H,40,41);(H,3,4)(H,5,6)/t14-,15-,16?,21-,28+,29-;/m0./s1. The molecule has 0 saturated carbocycles. The van der Waals surface area contributed by atoms with E-state index < -0.39 is 98.9 Å². The van der Waals surface area contributed by atoms with Gasteiger partial charge in [-0.25, -0.2) is 9.59 Å². The fourth-order valence-corrected chi connectivity index (χ4v) is 6.55. The number of hydrogen-bond donors (Lipinski definition) is 11. The molecule has 1 unspecified atom stereocenters. The lowest BCUT2D eigenvalue weighted by Gasteiger charge is -2.52. The average molecular weight is 693 g/mol. The SMILES string of the molecule is CN(C)[C@@H]1C(O)=C(C(=O)NCNCCCCC(N)C(=O)O)C(=O)[C@@]2(O)C(O)=C3C(=O)c4c(O)cccc4[C@@](C)(O)[C@H]3C[C@@H]12.O=C(O)C(=O)O. The van der Waals surface area contributed by atoms with E-state index in [1.807, 2.05) is 0 Å². The van der Waals surface area contributed by atoms with Gasteiger partial charge < -0.3 is 51.9 Å². The Bertz CT molecular complexity index is 1600. The van der Waals surface area contributed by atoms with Crippen LogP contribution in [-0.2, 0) is 29.6 Å². The van der Waals surface area contributed by atoms with E-state index in [9.17, 15) is 44.7 Å². The second-order valence-electron chi connectivity index (χ2n) is 12.3. The molecule has 0 bridgehead atoms. The zero-order chi connectivity index (χ0) is 37.2. The van der Waals surface area contributed by atoms with Gasteiger partial charge in [0.25, 0.3) is 5.91 Å². The molecule has 0 aliphatic heterocycles. The van der Waals surface area contributed by atoms with Crippen molar-refractivity contribution in [3.05, 3.63) is 52.0 Å². The summed E-state index contributed by atoms with van der Waals surface area (Å²) in [4.78, 5) is 71.1. The van der Waals surface area contributed by atoms with Crippen molar-refractivity contribution in [2.24, 2.45) is 17.6 Å². The van der Waals surface area contributed by atoms with Crippen LogP contribution in [0.4, 0.5) is 0 Å². The molecule has 1 aromatic carbocycles. The second-order valence-corrected chi connectivity index (χ2v) is 12.3. The van der Waals surface area contributed by atoms with Crippen LogP contribution in [0.3, 0.4) is 0 Å². The Morgan fingerprint density at radius 2 is 1.63 bits per heavy atom. The largest absolute Gasteiger partial charge is 0.510 e. The number of nitrogens with zero attached hydrogens (tertiary/aromatic N) is 1. The van der Waals surface area contributed by atoms with Crippen LogP contribution in [0.15, 0.2) is 40.9 Å². The lowest BCUT2D eigenvalue weighted by atomic mass is 9.55. The van der Waals surface area contributed by atoms with Crippen molar-refractivity contribution < 1.29 is 69.6 Å². The number of carbonyl (C=O) groups is 6. The topological polar surface area (TPSA) is 318 Å². The molecule has 0 radical (unpaired) electrons. The number of unbranched alkanes of at least 4 members (excludes halogenated alkanes) is 1. The number of carbonyl (C=O) groups excluding carboxylic acids is 3. The summed E-state index contributed by atoms with van der Waals surface area (Å²) in [5.74, 6) is -12.5. The van der Waals surface area contributed by atoms with Gasteiger partial charge >= 0.3 is 17.9 Å². The number of aliphatic hydroxyl groups excluding tert-OH is 2. The van der Waals surface area contributed by atoms with E-state index in [1.54, 1.807) is 0 Å². The molecule has 6 atom stereocenters. The molecule has 1 aromatic rings. The van der Waals surface area contributed by atoms with E-state index in [4.69, 9.17) is 30.6 Å². The molecule has 0 spiro atoms. The summed E-state index contributed by atoms with van der Waals surface area (Å²) >= 11 is 0. The highest BCUT2D eigenvalue weighted by atomic mass is 16.4. The molecule has 0 fully saturated rings. The number of aromatic hydroxyl groups is 1. The van der Waals surface area contributed by atoms with E-state index in [0.717, 1.165) is 0 Å². The number of aliphatic carboxylic acids is 3. The third kappa shape index (κ3) is 7.13. The first kappa shape index (κ1) is 38.6. The average Bonchev–Trinajstić information content (AvgIpc) is 3.01. The molecule has 49 heavy (non-hydrogen) atoms. The number of hydrogen-bond acceptors (Lipinski definition) is 14. The number of fused-ring (bicyclic) bond motifs is 3. The molecule has 18 nitrogen and oxygen atoms in total. The van der Waals surface area contributed by atoms with Gasteiger partial charge in [-0.1, -0.05) is 18.6 Å². The van der Waals surface area contributed by atoms with E-state index in [0.29, 0.717) is 19.4 Å². The fraction of sp³-hybridized carbons (Fsp3) is 0.484. The minimum atomic E-state index is -2.80. The smallest absolute Gasteiger partial charge is 0.414 e. The van der Waals surface area contributed by atoms with Crippen LogP contribution in [0.25, 0.3) is 0 Å². The minimum absolute atomic E-state index is 0.116. The van der Waals surface area contributed by atoms with Crippen LogP contribution in [-0.4, -0.2) is 126 Å². The number of amides is 1. The first-order chi connectivity index (χ1) is 22.7. The summed E-state index contributed by atoms with van der Waals surface area (Å²) in [5, 5.41) is 85.6. The number of rotatable bonds is 10. The predicted molar refractivity (Wildman–Crippen MR) is 166 cm³/mol. The molecular formula is C31H40N4O14. The van der Waals surface area contributed by atoms with Crippen LogP contribution in [0.2, 0.25) is 0 Å². The van der Waals surface area contributed by atoms with Crippen molar-refractivity contribution in [3.63, 3.8) is 0 Å². The number of Topliss-reactive ketones (excluding diaryl/α,β-unsaturated/α-hetero) is 2. The summed E-state index contributed by atoms with van der Waals surface area (Å²) < 4.78 is 0. The maximum atomic E-state index is 13.8. The van der Waals surface area contributed by atoms with E-state index in [2.05, 4.69) is 10.6 Å². The molecule has 18 heteroatoms. The van der Waals surface area contributed by atoms with Crippen molar-refractivity contribution in [3.8, 4) is 5.75 Å². The number of aliphatic hydroxyl groups is 4. The summed E-state index contributed by atoms with van der Waals surface area (Å²) in [6, 6.07) is 2.02. The maximum Gasteiger partial charge on any atom is 0.414 e. The molecule has 12 N–H and O–H groups in total. The first-order valence-electron chi connectivity index (χ1n) is 15.1. The Labute approximate surface area is 279 Å². The van der Waals surface area contributed by atoms with Gasteiger partial charge in [0.1, 0.15) is 28.9 Å². The number of nitrogens with one attached hydrogen (secondary N) is 2. The van der Waals surface area contributed by atoms with Crippen molar-refractivity contribution in [1.29, 1.82) is 0 Å². The van der Waals surface area contributed by atoms with Crippen molar-refractivity contribution in [2.45, 2.75) is 55.9 Å². The zero-order valence-corrected chi connectivity index (χ0v) is 26.8. The number of carboxylic acid groups (broad SMARTS) is 3. The van der Waals surface area contributed by atoms with Gasteiger partial charge in [-0.2, -0.15) is 0 Å². The summed E-state index contributed by atoms with van der Waals surface area (Å²) in [6.45, 7) is 1.63. The van der Waals surface area contributed by atoms with Gasteiger partial charge in [-0.3, -0.25) is 29.4 Å². The third-order valence-electron chi connectivity index (χ3n) is 9.00. The normalized spacial score (nSPS) is 26.6.